The van der Waals surface area contributed by atoms with Gasteiger partial charge in [0.25, 0.3) is 0 Å². The Kier molecular flexibility index (Phi) is 5.16. The van der Waals surface area contributed by atoms with Crippen LogP contribution in [0.5, 0.6) is 5.75 Å². The second-order valence-corrected chi connectivity index (χ2v) is 6.72. The number of hydrogen-bond acceptors (Lipinski definition) is 5. The normalized spacial score (nSPS) is 13.8. The van der Waals surface area contributed by atoms with Crippen LogP contribution in [0.3, 0.4) is 0 Å². The molecular formula is C21H20F2N4O. The van der Waals surface area contributed by atoms with Crippen molar-refractivity contribution in [2.45, 2.75) is 19.5 Å². The Balaban J connectivity index is 1.43. The second-order valence-electron chi connectivity index (χ2n) is 6.72. The molecule has 3 aromatic rings. The van der Waals surface area contributed by atoms with Crippen molar-refractivity contribution in [2.24, 2.45) is 0 Å². The molecule has 0 amide bonds. The van der Waals surface area contributed by atoms with Crippen LogP contribution >= 0.6 is 0 Å². The van der Waals surface area contributed by atoms with Crippen molar-refractivity contribution in [3.8, 4) is 5.75 Å². The molecule has 144 valence electrons. The summed E-state index contributed by atoms with van der Waals surface area (Å²) in [6, 6.07) is 11.3. The predicted molar refractivity (Wildman–Crippen MR) is 102 cm³/mol. The standard InChI is InChI=1S/C21H20F2N4O/c1-28-18-6-4-17(5-7-18)25-21-24-11-15-13-27(9-8-20(15)26-21)12-14-2-3-16(22)10-19(14)23/h2-7,10-11H,8-9,12-13H2,1H3,(H,24,25,26). The summed E-state index contributed by atoms with van der Waals surface area (Å²) in [6.07, 6.45) is 2.55. The molecule has 0 saturated carbocycles. The molecule has 1 aromatic heterocycles. The van der Waals surface area contributed by atoms with Gasteiger partial charge in [-0.1, -0.05) is 6.07 Å². The summed E-state index contributed by atoms with van der Waals surface area (Å²) >= 11 is 0. The fraction of sp³-hybridized carbons (Fsp3) is 0.238. The predicted octanol–water partition coefficient (Wildman–Crippen LogP) is 4.07. The van der Waals surface area contributed by atoms with Crippen LogP contribution in [0.25, 0.3) is 0 Å². The number of ether oxygens (including phenoxy) is 1. The molecule has 0 spiro atoms. The monoisotopic (exact) mass is 382 g/mol. The van der Waals surface area contributed by atoms with Crippen LogP contribution < -0.4 is 10.1 Å². The smallest absolute Gasteiger partial charge is 0.227 e. The van der Waals surface area contributed by atoms with E-state index in [9.17, 15) is 8.78 Å². The second kappa shape index (κ2) is 7.90. The van der Waals surface area contributed by atoms with Gasteiger partial charge in [0.15, 0.2) is 0 Å². The summed E-state index contributed by atoms with van der Waals surface area (Å²) in [7, 11) is 1.63. The zero-order valence-electron chi connectivity index (χ0n) is 15.5. The number of aromatic nitrogens is 2. The molecule has 0 aliphatic carbocycles. The molecule has 7 heteroatoms. The molecule has 2 heterocycles. The highest BCUT2D eigenvalue weighted by Crippen LogP contribution is 2.23. The largest absolute Gasteiger partial charge is 0.497 e. The number of hydrogen-bond donors (Lipinski definition) is 1. The lowest BCUT2D eigenvalue weighted by atomic mass is 10.1. The molecule has 1 N–H and O–H groups in total. The molecule has 0 unspecified atom stereocenters. The molecule has 0 radical (unpaired) electrons. The third-order valence-electron chi connectivity index (χ3n) is 4.77. The Morgan fingerprint density at radius 1 is 1.14 bits per heavy atom. The van der Waals surface area contributed by atoms with E-state index >= 15 is 0 Å². The van der Waals surface area contributed by atoms with Crippen molar-refractivity contribution in [3.63, 3.8) is 0 Å². The van der Waals surface area contributed by atoms with Crippen molar-refractivity contribution in [1.29, 1.82) is 0 Å². The Labute approximate surface area is 162 Å². The van der Waals surface area contributed by atoms with E-state index in [4.69, 9.17) is 4.74 Å². The molecule has 0 bridgehead atoms. The first-order chi connectivity index (χ1) is 13.6. The number of anilines is 2. The first kappa shape index (κ1) is 18.3. The number of halogens is 2. The molecule has 5 nitrogen and oxygen atoms in total. The van der Waals surface area contributed by atoms with Crippen molar-refractivity contribution < 1.29 is 13.5 Å². The lowest BCUT2D eigenvalue weighted by Gasteiger charge is -2.28. The van der Waals surface area contributed by atoms with E-state index in [1.54, 1.807) is 13.3 Å². The van der Waals surface area contributed by atoms with Gasteiger partial charge in [-0.3, -0.25) is 4.90 Å². The summed E-state index contributed by atoms with van der Waals surface area (Å²) in [5.41, 5.74) is 3.38. The van der Waals surface area contributed by atoms with Gasteiger partial charge < -0.3 is 10.1 Å². The Morgan fingerprint density at radius 2 is 1.96 bits per heavy atom. The zero-order chi connectivity index (χ0) is 19.5. The third-order valence-corrected chi connectivity index (χ3v) is 4.77. The van der Waals surface area contributed by atoms with Gasteiger partial charge in [0, 0.05) is 55.1 Å². The minimum absolute atomic E-state index is 0.428. The maximum Gasteiger partial charge on any atom is 0.227 e. The molecule has 28 heavy (non-hydrogen) atoms. The highest BCUT2D eigenvalue weighted by atomic mass is 19.1. The van der Waals surface area contributed by atoms with Crippen LogP contribution in [0.15, 0.2) is 48.7 Å². The number of benzene rings is 2. The van der Waals surface area contributed by atoms with Crippen molar-refractivity contribution in [1.82, 2.24) is 14.9 Å². The molecule has 1 aliphatic rings. The number of nitrogens with one attached hydrogen (secondary N) is 1. The van der Waals surface area contributed by atoms with Crippen molar-refractivity contribution >= 4 is 11.6 Å². The summed E-state index contributed by atoms with van der Waals surface area (Å²) in [5.74, 6) is 0.258. The van der Waals surface area contributed by atoms with Crippen LogP contribution in [0.2, 0.25) is 0 Å². The van der Waals surface area contributed by atoms with E-state index in [1.807, 2.05) is 24.3 Å². The van der Waals surface area contributed by atoms with Crippen LogP contribution in [-0.4, -0.2) is 28.5 Å². The topological polar surface area (TPSA) is 50.3 Å². The van der Waals surface area contributed by atoms with Gasteiger partial charge in [0.2, 0.25) is 5.95 Å². The minimum atomic E-state index is -0.560. The molecule has 0 atom stereocenters. The molecule has 0 saturated heterocycles. The zero-order valence-corrected chi connectivity index (χ0v) is 15.5. The van der Waals surface area contributed by atoms with Gasteiger partial charge in [-0.05, 0) is 30.3 Å². The Morgan fingerprint density at radius 3 is 2.71 bits per heavy atom. The van der Waals surface area contributed by atoms with Crippen LogP contribution in [0, 0.1) is 11.6 Å². The highest BCUT2D eigenvalue weighted by Gasteiger charge is 2.19. The average molecular weight is 382 g/mol. The molecule has 0 fully saturated rings. The third kappa shape index (κ3) is 4.09. The summed E-state index contributed by atoms with van der Waals surface area (Å²) in [5, 5.41) is 3.19. The minimum Gasteiger partial charge on any atom is -0.497 e. The van der Waals surface area contributed by atoms with E-state index in [0.29, 0.717) is 24.6 Å². The number of fused-ring (bicyclic) bond motifs is 1. The van der Waals surface area contributed by atoms with Gasteiger partial charge >= 0.3 is 0 Å². The van der Waals surface area contributed by atoms with Crippen LogP contribution in [0.1, 0.15) is 16.8 Å². The van der Waals surface area contributed by atoms with Gasteiger partial charge in [0.05, 0.1) is 12.8 Å². The van der Waals surface area contributed by atoms with E-state index in [-0.39, 0.29) is 0 Å². The quantitative estimate of drug-likeness (QED) is 0.721. The number of nitrogens with zero attached hydrogens (tertiary/aromatic N) is 3. The average Bonchev–Trinajstić information content (AvgIpc) is 2.71. The molecule has 4 rings (SSSR count). The van der Waals surface area contributed by atoms with Crippen LogP contribution in [-0.2, 0) is 19.5 Å². The summed E-state index contributed by atoms with van der Waals surface area (Å²) < 4.78 is 32.1. The SMILES string of the molecule is COc1ccc(Nc2ncc3c(n2)CCN(Cc2ccc(F)cc2F)C3)cc1. The van der Waals surface area contributed by atoms with Crippen molar-refractivity contribution in [3.05, 3.63) is 77.1 Å². The van der Waals surface area contributed by atoms with E-state index in [1.165, 1.54) is 12.1 Å². The molecule has 1 aliphatic heterocycles. The fourth-order valence-electron chi connectivity index (χ4n) is 3.26. The number of methoxy groups -OCH3 is 1. The Hall–Kier alpha value is -3.06. The van der Waals surface area contributed by atoms with Gasteiger partial charge in [-0.25, -0.2) is 18.7 Å². The van der Waals surface area contributed by atoms with E-state index in [2.05, 4.69) is 20.2 Å². The summed E-state index contributed by atoms with van der Waals surface area (Å²) in [4.78, 5) is 11.1. The lowest BCUT2D eigenvalue weighted by Crippen LogP contribution is -2.31. The van der Waals surface area contributed by atoms with Crippen LogP contribution in [0.4, 0.5) is 20.4 Å². The van der Waals surface area contributed by atoms with E-state index in [0.717, 1.165) is 41.7 Å². The maximum atomic E-state index is 13.9. The summed E-state index contributed by atoms with van der Waals surface area (Å²) in [6.45, 7) is 1.81. The van der Waals surface area contributed by atoms with Gasteiger partial charge in [-0.2, -0.15) is 0 Å². The maximum absolute atomic E-state index is 13.9. The first-order valence-corrected chi connectivity index (χ1v) is 9.03. The molecular weight excluding hydrogens is 362 g/mol. The Bertz CT molecular complexity index is 979. The van der Waals surface area contributed by atoms with Gasteiger partial charge in [-0.15, -0.1) is 0 Å². The van der Waals surface area contributed by atoms with E-state index < -0.39 is 11.6 Å². The van der Waals surface area contributed by atoms with Crippen molar-refractivity contribution in [2.75, 3.05) is 19.0 Å². The highest BCUT2D eigenvalue weighted by molar-refractivity contribution is 5.54. The number of rotatable bonds is 5. The first-order valence-electron chi connectivity index (χ1n) is 9.03. The lowest BCUT2D eigenvalue weighted by molar-refractivity contribution is 0.239. The van der Waals surface area contributed by atoms with Gasteiger partial charge in [0.1, 0.15) is 17.4 Å². The molecule has 2 aromatic carbocycles. The fourth-order valence-corrected chi connectivity index (χ4v) is 3.26.